The number of carbonyl (C=O) groups is 2. The van der Waals surface area contributed by atoms with Gasteiger partial charge in [-0.1, -0.05) is 42.2 Å². The number of phenolic OH excluding ortho intramolecular Hbond substituents is 1. The Kier molecular flexibility index (Phi) is 6.88. The van der Waals surface area contributed by atoms with Gasteiger partial charge in [-0.05, 0) is 18.2 Å². The highest BCUT2D eigenvalue weighted by molar-refractivity contribution is 8.26. The fourth-order valence-corrected chi connectivity index (χ4v) is 4.08. The van der Waals surface area contributed by atoms with Crippen molar-refractivity contribution in [1.82, 2.24) is 4.90 Å². The van der Waals surface area contributed by atoms with Crippen molar-refractivity contribution in [3.8, 4) is 11.5 Å². The summed E-state index contributed by atoms with van der Waals surface area (Å²) in [5.74, 6) is -0.543. The second kappa shape index (κ2) is 9.58. The number of non-ortho nitro benzene ring substituents is 1. The van der Waals surface area contributed by atoms with Crippen LogP contribution in [-0.2, 0) is 9.59 Å². The van der Waals surface area contributed by atoms with Crippen LogP contribution in [0.3, 0.4) is 0 Å². The van der Waals surface area contributed by atoms with Crippen molar-refractivity contribution in [3.05, 3.63) is 63.0 Å². The van der Waals surface area contributed by atoms with E-state index in [1.54, 1.807) is 12.1 Å². The Labute approximate surface area is 186 Å². The molecule has 3 rings (SSSR count). The minimum Gasteiger partial charge on any atom is -0.506 e. The number of carbonyl (C=O) groups excluding carboxylic acids is 2. The maximum atomic E-state index is 12.7. The lowest BCUT2D eigenvalue weighted by molar-refractivity contribution is -0.384. The van der Waals surface area contributed by atoms with Crippen molar-refractivity contribution in [2.24, 2.45) is 0 Å². The molecular weight excluding hydrogens is 442 g/mol. The lowest BCUT2D eigenvalue weighted by Gasteiger charge is -2.14. The van der Waals surface area contributed by atoms with E-state index < -0.39 is 10.8 Å². The molecule has 2 N–H and O–H groups in total. The molecule has 31 heavy (non-hydrogen) atoms. The van der Waals surface area contributed by atoms with Crippen LogP contribution in [0.2, 0.25) is 0 Å². The van der Waals surface area contributed by atoms with E-state index in [1.807, 2.05) is 18.2 Å². The van der Waals surface area contributed by atoms with Gasteiger partial charge in [0.25, 0.3) is 11.6 Å². The van der Waals surface area contributed by atoms with E-state index in [0.29, 0.717) is 15.0 Å². The fourth-order valence-electron chi connectivity index (χ4n) is 2.78. The lowest BCUT2D eigenvalue weighted by atomic mass is 10.2. The molecule has 0 aliphatic carbocycles. The summed E-state index contributed by atoms with van der Waals surface area (Å²) in [5, 5.41) is 23.1. The summed E-state index contributed by atoms with van der Waals surface area (Å²) in [6.45, 7) is 0.0233. The number of phenols is 1. The average molecular weight is 460 g/mol. The van der Waals surface area contributed by atoms with Gasteiger partial charge in [0.15, 0.2) is 0 Å². The normalized spacial score (nSPS) is 14.7. The van der Waals surface area contributed by atoms with Gasteiger partial charge in [-0.2, -0.15) is 0 Å². The van der Waals surface area contributed by atoms with Gasteiger partial charge in [-0.15, -0.1) is 0 Å². The number of anilines is 1. The first-order chi connectivity index (χ1) is 14.8. The minimum atomic E-state index is -0.636. The number of ether oxygens (including phenoxy) is 1. The number of hydrogen-bond acceptors (Lipinski definition) is 8. The van der Waals surface area contributed by atoms with Crippen LogP contribution < -0.4 is 10.1 Å². The van der Waals surface area contributed by atoms with Gasteiger partial charge in [0.2, 0.25) is 5.91 Å². The monoisotopic (exact) mass is 459 g/mol. The van der Waals surface area contributed by atoms with Gasteiger partial charge in [0.05, 0.1) is 22.6 Å². The highest BCUT2D eigenvalue weighted by Gasteiger charge is 2.32. The van der Waals surface area contributed by atoms with E-state index in [-0.39, 0.29) is 36.0 Å². The van der Waals surface area contributed by atoms with E-state index in [2.05, 4.69) is 5.32 Å². The highest BCUT2D eigenvalue weighted by atomic mass is 32.2. The number of nitro benzene ring substituents is 1. The Balaban J connectivity index is 1.66. The van der Waals surface area contributed by atoms with Crippen molar-refractivity contribution in [2.45, 2.75) is 6.42 Å². The quantitative estimate of drug-likeness (QED) is 0.212. The third-order valence-corrected chi connectivity index (χ3v) is 5.70. The number of nitro groups is 1. The molecule has 2 amide bonds. The average Bonchev–Trinajstić information content (AvgIpc) is 3.00. The number of hydrogen-bond donors (Lipinski definition) is 2. The SMILES string of the molecule is COc1ccccc1C=C1SC(=S)N(CCC(=O)Nc2cc([N+](=O)[O-])ccc2O)C1=O. The standard InChI is InChI=1S/C20H17N3O6S2/c1-29-16-5-3-2-4-12(16)10-17-19(26)22(20(30)31-17)9-8-18(25)21-14-11-13(23(27)28)6-7-15(14)24/h2-7,10-11,24H,8-9H2,1H3,(H,21,25). The third-order valence-electron chi connectivity index (χ3n) is 4.33. The molecule has 0 saturated carbocycles. The maximum absolute atomic E-state index is 12.7. The summed E-state index contributed by atoms with van der Waals surface area (Å²) < 4.78 is 5.60. The van der Waals surface area contributed by atoms with E-state index in [1.165, 1.54) is 12.0 Å². The first-order valence-corrected chi connectivity index (χ1v) is 10.2. The summed E-state index contributed by atoms with van der Waals surface area (Å²) in [6.07, 6.45) is 1.57. The summed E-state index contributed by atoms with van der Waals surface area (Å²) in [5.41, 5.74) is 0.372. The highest BCUT2D eigenvalue weighted by Crippen LogP contribution is 2.34. The fraction of sp³-hybridized carbons (Fsp3) is 0.150. The molecule has 1 heterocycles. The van der Waals surface area contributed by atoms with Crippen LogP contribution in [0, 0.1) is 10.1 Å². The summed E-state index contributed by atoms with van der Waals surface area (Å²) in [6, 6.07) is 10.5. The van der Waals surface area contributed by atoms with Crippen molar-refractivity contribution in [1.29, 1.82) is 0 Å². The molecule has 0 spiro atoms. The molecule has 0 bridgehead atoms. The Morgan fingerprint density at radius 2 is 2.10 bits per heavy atom. The zero-order valence-corrected chi connectivity index (χ0v) is 17.9. The minimum absolute atomic E-state index is 0.0233. The van der Waals surface area contributed by atoms with Crippen LogP contribution in [0.1, 0.15) is 12.0 Å². The van der Waals surface area contributed by atoms with Crippen molar-refractivity contribution >= 4 is 57.6 Å². The summed E-state index contributed by atoms with van der Waals surface area (Å²) in [4.78, 5) is 36.9. The molecule has 0 radical (unpaired) electrons. The molecule has 1 saturated heterocycles. The largest absolute Gasteiger partial charge is 0.506 e. The van der Waals surface area contributed by atoms with E-state index >= 15 is 0 Å². The van der Waals surface area contributed by atoms with Gasteiger partial charge < -0.3 is 15.2 Å². The summed E-state index contributed by atoms with van der Waals surface area (Å²) >= 11 is 6.40. The number of amides is 2. The molecule has 9 nitrogen and oxygen atoms in total. The third kappa shape index (κ3) is 5.19. The Morgan fingerprint density at radius 3 is 2.81 bits per heavy atom. The molecular formula is C20H17N3O6S2. The van der Waals surface area contributed by atoms with Crippen molar-refractivity contribution in [2.75, 3.05) is 19.0 Å². The van der Waals surface area contributed by atoms with Gasteiger partial charge in [0, 0.05) is 30.7 Å². The zero-order chi connectivity index (χ0) is 22.5. The number of methoxy groups -OCH3 is 1. The molecule has 2 aromatic rings. The Bertz CT molecular complexity index is 1100. The van der Waals surface area contributed by atoms with E-state index in [9.17, 15) is 24.8 Å². The zero-order valence-electron chi connectivity index (χ0n) is 16.2. The van der Waals surface area contributed by atoms with Crippen LogP contribution in [0.4, 0.5) is 11.4 Å². The Hall–Kier alpha value is -3.44. The molecule has 1 aliphatic rings. The molecule has 0 atom stereocenters. The molecule has 2 aromatic carbocycles. The molecule has 160 valence electrons. The number of benzene rings is 2. The van der Waals surface area contributed by atoms with Crippen LogP contribution in [0.5, 0.6) is 11.5 Å². The number of nitrogens with zero attached hydrogens (tertiary/aromatic N) is 2. The smallest absolute Gasteiger partial charge is 0.271 e. The van der Waals surface area contributed by atoms with Gasteiger partial charge in [0.1, 0.15) is 15.8 Å². The number of para-hydroxylation sites is 1. The topological polar surface area (TPSA) is 122 Å². The predicted molar refractivity (Wildman–Crippen MR) is 121 cm³/mol. The van der Waals surface area contributed by atoms with Crippen LogP contribution in [0.25, 0.3) is 6.08 Å². The maximum Gasteiger partial charge on any atom is 0.271 e. The summed E-state index contributed by atoms with van der Waals surface area (Å²) in [7, 11) is 1.54. The lowest BCUT2D eigenvalue weighted by Crippen LogP contribution is -2.31. The molecule has 1 aliphatic heterocycles. The predicted octanol–water partition coefficient (Wildman–Crippen LogP) is 3.54. The van der Waals surface area contributed by atoms with Crippen LogP contribution in [0.15, 0.2) is 47.4 Å². The second-order valence-electron chi connectivity index (χ2n) is 6.33. The number of nitrogens with one attached hydrogen (secondary N) is 1. The van der Waals surface area contributed by atoms with Crippen LogP contribution in [-0.4, -0.2) is 44.7 Å². The van der Waals surface area contributed by atoms with Crippen molar-refractivity contribution in [3.63, 3.8) is 0 Å². The first-order valence-electron chi connectivity index (χ1n) is 8.96. The van der Waals surface area contributed by atoms with E-state index in [0.717, 1.165) is 35.5 Å². The van der Waals surface area contributed by atoms with Gasteiger partial charge >= 0.3 is 0 Å². The number of thioether (sulfide) groups is 1. The molecule has 11 heteroatoms. The Morgan fingerprint density at radius 1 is 1.35 bits per heavy atom. The first kappa shape index (κ1) is 22.2. The second-order valence-corrected chi connectivity index (χ2v) is 8.01. The van der Waals surface area contributed by atoms with Gasteiger partial charge in [-0.3, -0.25) is 24.6 Å². The van der Waals surface area contributed by atoms with Gasteiger partial charge in [-0.25, -0.2) is 0 Å². The number of rotatable bonds is 7. The van der Waals surface area contributed by atoms with Crippen molar-refractivity contribution < 1.29 is 24.4 Å². The molecule has 1 fully saturated rings. The molecule has 0 unspecified atom stereocenters. The molecule has 0 aromatic heterocycles. The van der Waals surface area contributed by atoms with E-state index in [4.69, 9.17) is 17.0 Å². The number of thiocarbonyl (C=S) groups is 1. The number of aromatic hydroxyl groups is 1. The van der Waals surface area contributed by atoms with Crippen LogP contribution >= 0.6 is 24.0 Å².